The van der Waals surface area contributed by atoms with Gasteiger partial charge in [0.2, 0.25) is 5.41 Å². The van der Waals surface area contributed by atoms with Crippen LogP contribution >= 0.6 is 0 Å². The zero-order valence-electron chi connectivity index (χ0n) is 11.1. The van der Waals surface area contributed by atoms with E-state index < -0.39 is 28.7 Å². The molecule has 0 amide bonds. The molecule has 0 radical (unpaired) electrons. The Labute approximate surface area is 106 Å². The van der Waals surface area contributed by atoms with Crippen molar-refractivity contribution in [3.63, 3.8) is 0 Å². The van der Waals surface area contributed by atoms with Gasteiger partial charge in [0.05, 0.1) is 18.6 Å². The largest absolute Gasteiger partial charge is 0.465 e. The van der Waals surface area contributed by atoms with E-state index in [0.717, 1.165) is 0 Å². The van der Waals surface area contributed by atoms with Crippen LogP contribution in [0.15, 0.2) is 0 Å². The van der Waals surface area contributed by atoms with Gasteiger partial charge in [0.15, 0.2) is 0 Å². The molecular formula is C12H18O6. The molecule has 0 aromatic heterocycles. The second kappa shape index (κ2) is 4.96. The van der Waals surface area contributed by atoms with E-state index in [4.69, 9.17) is 14.2 Å². The first-order valence-corrected chi connectivity index (χ1v) is 5.86. The number of hydrogen-bond donors (Lipinski definition) is 0. The fourth-order valence-corrected chi connectivity index (χ4v) is 1.93. The topological polar surface area (TPSA) is 78.9 Å². The van der Waals surface area contributed by atoms with Gasteiger partial charge in [-0.25, -0.2) is 0 Å². The molecule has 0 spiro atoms. The molecule has 6 nitrogen and oxygen atoms in total. The molecule has 1 heterocycles. The lowest BCUT2D eigenvalue weighted by Gasteiger charge is -2.31. The lowest BCUT2D eigenvalue weighted by molar-refractivity contribution is -0.179. The minimum atomic E-state index is -1.71. The summed E-state index contributed by atoms with van der Waals surface area (Å²) in [5.74, 6) is -2.16. The quantitative estimate of drug-likeness (QED) is 0.419. The molecule has 102 valence electrons. The molecule has 1 rings (SSSR count). The first kappa shape index (κ1) is 14.5. The van der Waals surface area contributed by atoms with Crippen LogP contribution in [0, 0.1) is 10.8 Å². The number of carbonyl (C=O) groups is 3. The zero-order valence-corrected chi connectivity index (χ0v) is 11.1. The van der Waals surface area contributed by atoms with E-state index in [1.165, 1.54) is 13.8 Å². The summed E-state index contributed by atoms with van der Waals surface area (Å²) >= 11 is 0. The van der Waals surface area contributed by atoms with Gasteiger partial charge in [0.25, 0.3) is 0 Å². The van der Waals surface area contributed by atoms with Crippen molar-refractivity contribution in [1.29, 1.82) is 0 Å². The minimum Gasteiger partial charge on any atom is -0.465 e. The normalized spacial score (nSPS) is 20.1. The van der Waals surface area contributed by atoms with Gasteiger partial charge in [-0.3, -0.25) is 14.4 Å². The maximum absolute atomic E-state index is 12.1. The second-order valence-corrected chi connectivity index (χ2v) is 4.55. The standard InChI is InChI=1S/C12H18O6/c1-5-16-9(14)12(10(15)17-6-2)7-18-8(13)11(12,3)4/h5-7H2,1-4H3. The molecule has 0 saturated carbocycles. The van der Waals surface area contributed by atoms with Crippen molar-refractivity contribution < 1.29 is 28.6 Å². The van der Waals surface area contributed by atoms with Crippen LogP contribution < -0.4 is 0 Å². The van der Waals surface area contributed by atoms with Crippen molar-refractivity contribution in [2.75, 3.05) is 19.8 Å². The fraction of sp³-hybridized carbons (Fsp3) is 0.750. The summed E-state index contributed by atoms with van der Waals surface area (Å²) in [7, 11) is 0. The molecule has 6 heteroatoms. The third kappa shape index (κ3) is 1.85. The van der Waals surface area contributed by atoms with Crippen molar-refractivity contribution >= 4 is 17.9 Å². The Morgan fingerprint density at radius 2 is 1.61 bits per heavy atom. The summed E-state index contributed by atoms with van der Waals surface area (Å²) in [5, 5.41) is 0. The maximum atomic E-state index is 12.1. The highest BCUT2D eigenvalue weighted by atomic mass is 16.6. The zero-order chi connectivity index (χ0) is 14.0. The van der Waals surface area contributed by atoms with Crippen LogP contribution in [-0.2, 0) is 28.6 Å². The van der Waals surface area contributed by atoms with Gasteiger partial charge < -0.3 is 14.2 Å². The van der Waals surface area contributed by atoms with Crippen molar-refractivity contribution in [3.05, 3.63) is 0 Å². The summed E-state index contributed by atoms with van der Waals surface area (Å²) < 4.78 is 14.7. The molecule has 18 heavy (non-hydrogen) atoms. The van der Waals surface area contributed by atoms with Crippen LogP contribution in [0.3, 0.4) is 0 Å². The van der Waals surface area contributed by atoms with Crippen LogP contribution in [0.4, 0.5) is 0 Å². The molecule has 1 aliphatic heterocycles. The van der Waals surface area contributed by atoms with Gasteiger partial charge in [0.1, 0.15) is 6.61 Å². The summed E-state index contributed by atoms with van der Waals surface area (Å²) in [5.41, 5.74) is -3.01. The number of hydrogen-bond acceptors (Lipinski definition) is 6. The molecule has 1 saturated heterocycles. The molecule has 1 aliphatic rings. The van der Waals surface area contributed by atoms with E-state index in [2.05, 4.69) is 0 Å². The Bertz CT molecular complexity index is 353. The highest BCUT2D eigenvalue weighted by Crippen LogP contribution is 2.47. The van der Waals surface area contributed by atoms with Crippen molar-refractivity contribution in [2.24, 2.45) is 10.8 Å². The number of esters is 3. The van der Waals surface area contributed by atoms with E-state index in [-0.39, 0.29) is 19.8 Å². The van der Waals surface area contributed by atoms with Gasteiger partial charge in [-0.2, -0.15) is 0 Å². The van der Waals surface area contributed by atoms with Gasteiger partial charge >= 0.3 is 17.9 Å². The molecule has 0 N–H and O–H groups in total. The number of cyclic esters (lactones) is 1. The lowest BCUT2D eigenvalue weighted by Crippen LogP contribution is -2.52. The molecule has 0 aliphatic carbocycles. The monoisotopic (exact) mass is 258 g/mol. The number of carbonyl (C=O) groups excluding carboxylic acids is 3. The molecule has 0 bridgehead atoms. The van der Waals surface area contributed by atoms with Gasteiger partial charge in [-0.1, -0.05) is 0 Å². The Hall–Kier alpha value is -1.59. The first-order chi connectivity index (χ1) is 8.34. The van der Waals surface area contributed by atoms with Gasteiger partial charge in [-0.05, 0) is 27.7 Å². The van der Waals surface area contributed by atoms with Crippen LogP contribution in [0.25, 0.3) is 0 Å². The average molecular weight is 258 g/mol. The smallest absolute Gasteiger partial charge is 0.328 e. The molecule has 1 fully saturated rings. The van der Waals surface area contributed by atoms with E-state index in [0.29, 0.717) is 0 Å². The van der Waals surface area contributed by atoms with Crippen molar-refractivity contribution in [2.45, 2.75) is 27.7 Å². The first-order valence-electron chi connectivity index (χ1n) is 5.86. The van der Waals surface area contributed by atoms with Gasteiger partial charge in [-0.15, -0.1) is 0 Å². The Morgan fingerprint density at radius 3 is 1.89 bits per heavy atom. The second-order valence-electron chi connectivity index (χ2n) is 4.55. The maximum Gasteiger partial charge on any atom is 0.328 e. The highest BCUT2D eigenvalue weighted by molar-refractivity contribution is 6.07. The summed E-state index contributed by atoms with van der Waals surface area (Å²) in [6, 6.07) is 0. The van der Waals surface area contributed by atoms with E-state index in [1.54, 1.807) is 13.8 Å². The predicted octanol–water partition coefficient (Wildman–Crippen LogP) is 0.682. The Kier molecular flexibility index (Phi) is 3.98. The van der Waals surface area contributed by atoms with E-state index in [9.17, 15) is 14.4 Å². The minimum absolute atomic E-state index is 0.115. The third-order valence-electron chi connectivity index (χ3n) is 3.24. The lowest BCUT2D eigenvalue weighted by atomic mass is 9.67. The summed E-state index contributed by atoms with van der Waals surface area (Å²) in [4.78, 5) is 35.9. The highest BCUT2D eigenvalue weighted by Gasteiger charge is 2.68. The van der Waals surface area contributed by atoms with Gasteiger partial charge in [0, 0.05) is 0 Å². The summed E-state index contributed by atoms with van der Waals surface area (Å²) in [6.07, 6.45) is 0. The van der Waals surface area contributed by atoms with Crippen LogP contribution in [-0.4, -0.2) is 37.7 Å². The van der Waals surface area contributed by atoms with E-state index in [1.807, 2.05) is 0 Å². The predicted molar refractivity (Wildman–Crippen MR) is 60.4 cm³/mol. The van der Waals surface area contributed by atoms with Crippen molar-refractivity contribution in [3.8, 4) is 0 Å². The Balaban J connectivity index is 3.22. The SMILES string of the molecule is CCOC(=O)C1(C(=O)OCC)COC(=O)C1(C)C. The van der Waals surface area contributed by atoms with Crippen molar-refractivity contribution in [1.82, 2.24) is 0 Å². The van der Waals surface area contributed by atoms with Crippen LogP contribution in [0.5, 0.6) is 0 Å². The van der Waals surface area contributed by atoms with E-state index >= 15 is 0 Å². The molecule has 0 unspecified atom stereocenters. The Morgan fingerprint density at radius 1 is 1.17 bits per heavy atom. The third-order valence-corrected chi connectivity index (χ3v) is 3.24. The van der Waals surface area contributed by atoms with Crippen LogP contribution in [0.2, 0.25) is 0 Å². The number of rotatable bonds is 4. The molecule has 0 aromatic rings. The fourth-order valence-electron chi connectivity index (χ4n) is 1.93. The molecular weight excluding hydrogens is 240 g/mol. The molecule has 0 aromatic carbocycles. The average Bonchev–Trinajstić information content (AvgIpc) is 2.52. The summed E-state index contributed by atoms with van der Waals surface area (Å²) in [6.45, 7) is 6.11. The van der Waals surface area contributed by atoms with Crippen LogP contribution in [0.1, 0.15) is 27.7 Å². The number of ether oxygens (including phenoxy) is 3. The molecule has 0 atom stereocenters.